The average molecular weight is 231 g/mol. The lowest BCUT2D eigenvalue weighted by atomic mass is 9.87. The van der Waals surface area contributed by atoms with Gasteiger partial charge in [-0.2, -0.15) is 0 Å². The molecule has 94 valence electrons. The fraction of sp³-hybridized carbons (Fsp3) is 0.625. The Labute approximate surface area is 106 Å². The van der Waals surface area contributed by atoms with Crippen LogP contribution in [0.5, 0.6) is 0 Å². The Balaban J connectivity index is 2.31. The van der Waals surface area contributed by atoms with Gasteiger partial charge in [0.2, 0.25) is 0 Å². The Morgan fingerprint density at radius 3 is 2.47 bits per heavy atom. The summed E-state index contributed by atoms with van der Waals surface area (Å²) < 4.78 is 0. The van der Waals surface area contributed by atoms with E-state index in [9.17, 15) is 0 Å². The molecule has 0 bridgehead atoms. The second-order valence-electron chi connectivity index (χ2n) is 6.48. The van der Waals surface area contributed by atoms with Gasteiger partial charge in [0.1, 0.15) is 0 Å². The summed E-state index contributed by atoms with van der Waals surface area (Å²) in [7, 11) is 0. The molecule has 0 amide bonds. The first-order valence-corrected chi connectivity index (χ1v) is 6.75. The van der Waals surface area contributed by atoms with Crippen LogP contribution in [0, 0.1) is 0 Å². The monoisotopic (exact) mass is 231 g/mol. The molecule has 0 saturated heterocycles. The number of hydrogen-bond acceptors (Lipinski definition) is 1. The van der Waals surface area contributed by atoms with Crippen LogP contribution in [-0.4, -0.2) is 17.0 Å². The predicted molar refractivity (Wildman–Crippen MR) is 74.4 cm³/mol. The largest absolute Gasteiger partial charge is 0.294 e. The van der Waals surface area contributed by atoms with E-state index in [-0.39, 0.29) is 5.54 Å². The molecule has 0 aliphatic carbocycles. The first-order valence-electron chi connectivity index (χ1n) is 6.75. The number of hydrogen-bond donors (Lipinski definition) is 0. The van der Waals surface area contributed by atoms with E-state index >= 15 is 0 Å². The number of rotatable bonds is 1. The Bertz CT molecular complexity index is 398. The molecule has 1 aliphatic heterocycles. The van der Waals surface area contributed by atoms with Crippen LogP contribution < -0.4 is 0 Å². The van der Waals surface area contributed by atoms with E-state index in [0.717, 1.165) is 6.54 Å². The van der Waals surface area contributed by atoms with Crippen LogP contribution in [-0.2, 0) is 13.0 Å². The van der Waals surface area contributed by atoms with Crippen molar-refractivity contribution in [2.45, 2.75) is 59.0 Å². The van der Waals surface area contributed by atoms with E-state index in [1.165, 1.54) is 18.5 Å². The molecule has 1 nitrogen and oxygen atoms in total. The zero-order valence-electron chi connectivity index (χ0n) is 11.9. The van der Waals surface area contributed by atoms with Crippen molar-refractivity contribution in [3.8, 4) is 0 Å². The summed E-state index contributed by atoms with van der Waals surface area (Å²) in [5, 5.41) is 0. The van der Waals surface area contributed by atoms with Crippen LogP contribution in [0.15, 0.2) is 18.2 Å². The first-order chi connectivity index (χ1) is 7.89. The van der Waals surface area contributed by atoms with Crippen LogP contribution >= 0.6 is 0 Å². The molecule has 0 unspecified atom stereocenters. The summed E-state index contributed by atoms with van der Waals surface area (Å²) >= 11 is 0. The molecule has 17 heavy (non-hydrogen) atoms. The van der Waals surface area contributed by atoms with E-state index in [0.29, 0.717) is 5.92 Å². The lowest BCUT2D eigenvalue weighted by molar-refractivity contribution is 0.120. The molecule has 1 aliphatic rings. The summed E-state index contributed by atoms with van der Waals surface area (Å²) in [6, 6.07) is 6.83. The molecule has 2 rings (SSSR count). The second-order valence-corrected chi connectivity index (χ2v) is 6.48. The Morgan fingerprint density at radius 2 is 1.88 bits per heavy atom. The predicted octanol–water partition coefficient (Wildman–Crippen LogP) is 3.97. The molecular weight excluding hydrogens is 206 g/mol. The van der Waals surface area contributed by atoms with Gasteiger partial charge in [-0.25, -0.2) is 0 Å². The van der Waals surface area contributed by atoms with Crippen molar-refractivity contribution in [2.75, 3.05) is 6.54 Å². The van der Waals surface area contributed by atoms with Gasteiger partial charge >= 0.3 is 0 Å². The van der Waals surface area contributed by atoms with Gasteiger partial charge in [-0.3, -0.25) is 4.90 Å². The van der Waals surface area contributed by atoms with Crippen LogP contribution in [0.3, 0.4) is 0 Å². The molecule has 0 radical (unpaired) electrons. The number of benzene rings is 1. The zero-order chi connectivity index (χ0) is 12.6. The van der Waals surface area contributed by atoms with Crippen molar-refractivity contribution in [3.05, 3.63) is 34.9 Å². The van der Waals surface area contributed by atoms with Crippen molar-refractivity contribution in [1.29, 1.82) is 0 Å². The molecule has 0 saturated carbocycles. The SMILES string of the molecule is CC(C)c1cccc2c1CCN(C(C)(C)C)C2. The maximum atomic E-state index is 2.58. The maximum absolute atomic E-state index is 2.58. The molecule has 0 aromatic heterocycles. The Kier molecular flexibility index (Phi) is 3.31. The van der Waals surface area contributed by atoms with Crippen LogP contribution in [0.1, 0.15) is 57.2 Å². The van der Waals surface area contributed by atoms with Gasteiger partial charge in [0.15, 0.2) is 0 Å². The van der Waals surface area contributed by atoms with Crippen molar-refractivity contribution >= 4 is 0 Å². The molecule has 1 aromatic carbocycles. The third kappa shape index (κ3) is 2.55. The van der Waals surface area contributed by atoms with E-state index in [4.69, 9.17) is 0 Å². The Morgan fingerprint density at radius 1 is 1.18 bits per heavy atom. The van der Waals surface area contributed by atoms with E-state index in [1.807, 2.05) is 0 Å². The molecule has 1 aromatic rings. The quantitative estimate of drug-likeness (QED) is 0.707. The second kappa shape index (κ2) is 4.45. The number of fused-ring (bicyclic) bond motifs is 1. The van der Waals surface area contributed by atoms with E-state index < -0.39 is 0 Å². The molecule has 1 heteroatoms. The zero-order valence-corrected chi connectivity index (χ0v) is 11.9. The number of nitrogens with zero attached hydrogens (tertiary/aromatic N) is 1. The fourth-order valence-electron chi connectivity index (χ4n) is 2.75. The summed E-state index contributed by atoms with van der Waals surface area (Å²) in [5.74, 6) is 0.645. The normalized spacial score (nSPS) is 17.3. The minimum Gasteiger partial charge on any atom is -0.294 e. The minimum absolute atomic E-state index is 0.283. The third-order valence-electron chi connectivity index (χ3n) is 3.87. The topological polar surface area (TPSA) is 3.24 Å². The molecule has 0 N–H and O–H groups in total. The highest BCUT2D eigenvalue weighted by molar-refractivity contribution is 5.38. The smallest absolute Gasteiger partial charge is 0.0241 e. The van der Waals surface area contributed by atoms with Crippen LogP contribution in [0.2, 0.25) is 0 Å². The van der Waals surface area contributed by atoms with Gasteiger partial charge in [-0.15, -0.1) is 0 Å². The van der Waals surface area contributed by atoms with Crippen LogP contribution in [0.4, 0.5) is 0 Å². The average Bonchev–Trinajstić information content (AvgIpc) is 2.26. The summed E-state index contributed by atoms with van der Waals surface area (Å²) in [6.07, 6.45) is 1.21. The lowest BCUT2D eigenvalue weighted by Crippen LogP contribution is -2.44. The third-order valence-corrected chi connectivity index (χ3v) is 3.87. The van der Waals surface area contributed by atoms with Crippen molar-refractivity contribution in [1.82, 2.24) is 4.90 Å². The summed E-state index contributed by atoms with van der Waals surface area (Å²) in [5.41, 5.74) is 4.99. The molecule has 0 spiro atoms. The van der Waals surface area contributed by atoms with Crippen molar-refractivity contribution in [2.24, 2.45) is 0 Å². The molecule has 1 heterocycles. The highest BCUT2D eigenvalue weighted by Gasteiger charge is 2.26. The van der Waals surface area contributed by atoms with Crippen molar-refractivity contribution < 1.29 is 0 Å². The van der Waals surface area contributed by atoms with Gasteiger partial charge in [-0.1, -0.05) is 32.0 Å². The lowest BCUT2D eigenvalue weighted by Gasteiger charge is -2.40. The summed E-state index contributed by atoms with van der Waals surface area (Å²) in [6.45, 7) is 13.8. The van der Waals surface area contributed by atoms with Crippen molar-refractivity contribution in [3.63, 3.8) is 0 Å². The maximum Gasteiger partial charge on any atom is 0.0241 e. The van der Waals surface area contributed by atoms with Gasteiger partial charge in [0.05, 0.1) is 0 Å². The summed E-state index contributed by atoms with van der Waals surface area (Å²) in [4.78, 5) is 2.58. The molecular formula is C16H25N. The Hall–Kier alpha value is -0.820. The van der Waals surface area contributed by atoms with Gasteiger partial charge in [0, 0.05) is 18.6 Å². The van der Waals surface area contributed by atoms with E-state index in [2.05, 4.69) is 57.7 Å². The first kappa shape index (κ1) is 12.6. The van der Waals surface area contributed by atoms with Gasteiger partial charge in [-0.05, 0) is 49.8 Å². The molecule has 0 atom stereocenters. The fourth-order valence-corrected chi connectivity index (χ4v) is 2.75. The standard InChI is InChI=1S/C16H25N/c1-12(2)14-8-6-7-13-11-17(16(3,4)5)10-9-15(13)14/h6-8,12H,9-11H2,1-5H3. The van der Waals surface area contributed by atoms with Gasteiger partial charge in [0.25, 0.3) is 0 Å². The molecule has 0 fully saturated rings. The highest BCUT2D eigenvalue weighted by atomic mass is 15.2. The minimum atomic E-state index is 0.283. The van der Waals surface area contributed by atoms with Crippen LogP contribution in [0.25, 0.3) is 0 Å². The highest BCUT2D eigenvalue weighted by Crippen LogP contribution is 2.30. The van der Waals surface area contributed by atoms with Gasteiger partial charge < -0.3 is 0 Å². The van der Waals surface area contributed by atoms with E-state index in [1.54, 1.807) is 11.1 Å².